The summed E-state index contributed by atoms with van der Waals surface area (Å²) in [6, 6.07) is -0.895. The summed E-state index contributed by atoms with van der Waals surface area (Å²) in [5.41, 5.74) is 5.18. The zero-order valence-corrected chi connectivity index (χ0v) is 18.0. The Balaban J connectivity index is 4.33. The van der Waals surface area contributed by atoms with E-state index in [1.807, 2.05) is 6.92 Å². The van der Waals surface area contributed by atoms with Crippen molar-refractivity contribution in [1.82, 2.24) is 0 Å². The molecule has 0 aromatic heterocycles. The second kappa shape index (κ2) is 8.58. The first kappa shape index (κ1) is 23.3. The molecule has 0 rings (SSSR count). The van der Waals surface area contributed by atoms with Gasteiger partial charge in [0.15, 0.2) is 8.32 Å². The van der Waals surface area contributed by atoms with Crippen molar-refractivity contribution in [3.05, 3.63) is 0 Å². The van der Waals surface area contributed by atoms with E-state index in [4.69, 9.17) is 14.9 Å². The Morgan fingerprint density at radius 2 is 1.58 bits per heavy atom. The summed E-state index contributed by atoms with van der Waals surface area (Å²) in [7, 11) is -1.83. The molecule has 0 saturated carbocycles. The predicted octanol–water partition coefficient (Wildman–Crippen LogP) is 3.81. The number of ether oxygens (including phenoxy) is 1. The van der Waals surface area contributed by atoms with Gasteiger partial charge in [0.2, 0.25) is 0 Å². The molecule has 0 spiro atoms. The number of rotatable bonds is 8. The summed E-state index contributed by atoms with van der Waals surface area (Å²) in [6.45, 7) is 18.3. The van der Waals surface area contributed by atoms with Gasteiger partial charge in [-0.2, -0.15) is 0 Å². The lowest BCUT2D eigenvalue weighted by molar-refractivity contribution is -0.157. The Labute approximate surface area is 148 Å². The lowest BCUT2D eigenvalue weighted by Gasteiger charge is -2.38. The second-order valence-corrected chi connectivity index (χ2v) is 13.9. The number of hydrogen-bond donors (Lipinski definition) is 1. The number of Topliss-reactive ketones (excluding diaryl/α,β-unsaturated/α-hetero) is 1. The monoisotopic (exact) mass is 359 g/mol. The second-order valence-electron chi connectivity index (χ2n) is 9.11. The van der Waals surface area contributed by atoms with Gasteiger partial charge in [0, 0.05) is 18.9 Å². The highest BCUT2D eigenvalue weighted by molar-refractivity contribution is 6.74. The fourth-order valence-corrected chi connectivity index (χ4v) is 3.39. The van der Waals surface area contributed by atoms with Gasteiger partial charge in [-0.15, -0.1) is 0 Å². The molecule has 0 aromatic carbocycles. The van der Waals surface area contributed by atoms with Crippen molar-refractivity contribution in [3.63, 3.8) is 0 Å². The van der Waals surface area contributed by atoms with E-state index in [0.29, 0.717) is 12.8 Å². The molecule has 0 saturated heterocycles. The van der Waals surface area contributed by atoms with Crippen LogP contribution in [0.5, 0.6) is 0 Å². The molecule has 2 atom stereocenters. The number of carbonyl (C=O) groups excluding carboxylic acids is 2. The third-order valence-corrected chi connectivity index (χ3v) is 8.89. The third kappa shape index (κ3) is 8.94. The zero-order valence-electron chi connectivity index (χ0n) is 17.0. The van der Waals surface area contributed by atoms with Crippen molar-refractivity contribution >= 4 is 20.1 Å². The lowest BCUT2D eigenvalue weighted by Crippen LogP contribution is -2.43. The maximum absolute atomic E-state index is 12.1. The van der Waals surface area contributed by atoms with Gasteiger partial charge in [-0.3, -0.25) is 9.59 Å². The lowest BCUT2D eigenvalue weighted by atomic mass is 10.1. The van der Waals surface area contributed by atoms with Crippen LogP contribution in [0, 0.1) is 0 Å². The summed E-state index contributed by atoms with van der Waals surface area (Å²) < 4.78 is 11.4. The Morgan fingerprint density at radius 1 is 1.08 bits per heavy atom. The van der Waals surface area contributed by atoms with E-state index < -0.39 is 25.9 Å². The molecule has 2 N–H and O–H groups in total. The van der Waals surface area contributed by atoms with Crippen LogP contribution in [-0.4, -0.2) is 37.8 Å². The van der Waals surface area contributed by atoms with Crippen LogP contribution in [0.2, 0.25) is 18.1 Å². The van der Waals surface area contributed by atoms with Crippen LogP contribution in [0.3, 0.4) is 0 Å². The number of hydrogen-bond acceptors (Lipinski definition) is 5. The molecule has 0 bridgehead atoms. The molecule has 0 aliphatic heterocycles. The Hall–Kier alpha value is -0.723. The topological polar surface area (TPSA) is 78.6 Å². The Bertz CT molecular complexity index is 435. The smallest absolute Gasteiger partial charge is 0.323 e. The van der Waals surface area contributed by atoms with Crippen LogP contribution in [0.1, 0.15) is 67.7 Å². The molecule has 0 unspecified atom stereocenters. The Morgan fingerprint density at radius 3 is 2.00 bits per heavy atom. The molecular weight excluding hydrogens is 322 g/mol. The number of esters is 1. The van der Waals surface area contributed by atoms with Crippen molar-refractivity contribution in [2.45, 2.75) is 104 Å². The molecule has 142 valence electrons. The fourth-order valence-electron chi connectivity index (χ4n) is 1.91. The van der Waals surface area contributed by atoms with Crippen LogP contribution < -0.4 is 5.73 Å². The predicted molar refractivity (Wildman–Crippen MR) is 100 cm³/mol. The standard InChI is InChI=1S/C18H37NO4Si/c1-13(23-24(8,9)18(5,6)7)10-11-14(20)12-15(19)16(21)22-17(2,3)4/h13,15H,10-12,19H2,1-9H3/t13-,15-/m0/s1. The quantitative estimate of drug-likeness (QED) is 0.527. The average molecular weight is 360 g/mol. The van der Waals surface area contributed by atoms with Gasteiger partial charge in [0.1, 0.15) is 17.4 Å². The molecule has 6 heteroatoms. The van der Waals surface area contributed by atoms with Crippen molar-refractivity contribution in [1.29, 1.82) is 0 Å². The molecular formula is C18H37NO4Si. The van der Waals surface area contributed by atoms with Crippen molar-refractivity contribution in [2.75, 3.05) is 0 Å². The number of ketones is 1. The molecule has 0 aliphatic rings. The molecule has 24 heavy (non-hydrogen) atoms. The van der Waals surface area contributed by atoms with Crippen LogP contribution in [-0.2, 0) is 18.8 Å². The molecule has 0 aliphatic carbocycles. The van der Waals surface area contributed by atoms with Gasteiger partial charge in [0.05, 0.1) is 0 Å². The minimum atomic E-state index is -1.83. The maximum atomic E-state index is 12.1. The molecule has 0 fully saturated rings. The highest BCUT2D eigenvalue weighted by Crippen LogP contribution is 2.37. The summed E-state index contributed by atoms with van der Waals surface area (Å²) >= 11 is 0. The SMILES string of the molecule is C[C@@H](CCC(=O)C[C@H](N)C(=O)OC(C)(C)C)O[Si](C)(C)C(C)(C)C. The van der Waals surface area contributed by atoms with E-state index in [-0.39, 0.29) is 23.3 Å². The summed E-state index contributed by atoms with van der Waals surface area (Å²) in [4.78, 5) is 23.9. The highest BCUT2D eigenvalue weighted by Gasteiger charge is 2.38. The van der Waals surface area contributed by atoms with E-state index in [1.165, 1.54) is 0 Å². The van der Waals surface area contributed by atoms with Crippen LogP contribution in [0.15, 0.2) is 0 Å². The van der Waals surface area contributed by atoms with Gasteiger partial charge in [0.25, 0.3) is 0 Å². The minimum absolute atomic E-state index is 0.0156. The average Bonchev–Trinajstić information content (AvgIpc) is 2.32. The molecule has 0 radical (unpaired) electrons. The Kier molecular flexibility index (Phi) is 8.32. The fraction of sp³-hybridized carbons (Fsp3) is 0.889. The van der Waals surface area contributed by atoms with E-state index >= 15 is 0 Å². The van der Waals surface area contributed by atoms with E-state index in [1.54, 1.807) is 20.8 Å². The zero-order chi connectivity index (χ0) is 19.3. The van der Waals surface area contributed by atoms with Crippen molar-refractivity contribution in [2.24, 2.45) is 5.73 Å². The first-order valence-electron chi connectivity index (χ1n) is 8.73. The van der Waals surface area contributed by atoms with Gasteiger partial charge in [-0.1, -0.05) is 20.8 Å². The molecule has 0 heterocycles. The van der Waals surface area contributed by atoms with E-state index in [2.05, 4.69) is 33.9 Å². The van der Waals surface area contributed by atoms with E-state index in [0.717, 1.165) is 0 Å². The van der Waals surface area contributed by atoms with Crippen LogP contribution >= 0.6 is 0 Å². The summed E-state index contributed by atoms with van der Waals surface area (Å²) in [5.74, 6) is -0.555. The number of carbonyl (C=O) groups is 2. The first-order valence-corrected chi connectivity index (χ1v) is 11.6. The molecule has 0 amide bonds. The summed E-state index contributed by atoms with van der Waals surface area (Å²) in [6.07, 6.45) is 1.05. The van der Waals surface area contributed by atoms with Gasteiger partial charge >= 0.3 is 5.97 Å². The van der Waals surface area contributed by atoms with Crippen molar-refractivity contribution in [3.8, 4) is 0 Å². The summed E-state index contributed by atoms with van der Waals surface area (Å²) in [5, 5.41) is 0.143. The van der Waals surface area contributed by atoms with Crippen molar-refractivity contribution < 1.29 is 18.8 Å². The van der Waals surface area contributed by atoms with Gasteiger partial charge in [-0.25, -0.2) is 0 Å². The highest BCUT2D eigenvalue weighted by atomic mass is 28.4. The van der Waals surface area contributed by atoms with Crippen LogP contribution in [0.4, 0.5) is 0 Å². The maximum Gasteiger partial charge on any atom is 0.323 e. The van der Waals surface area contributed by atoms with Gasteiger partial charge < -0.3 is 14.9 Å². The largest absolute Gasteiger partial charge is 0.459 e. The molecule has 5 nitrogen and oxygen atoms in total. The van der Waals surface area contributed by atoms with E-state index in [9.17, 15) is 9.59 Å². The third-order valence-electron chi connectivity index (χ3n) is 4.29. The van der Waals surface area contributed by atoms with Crippen LogP contribution in [0.25, 0.3) is 0 Å². The minimum Gasteiger partial charge on any atom is -0.459 e. The van der Waals surface area contributed by atoms with Gasteiger partial charge in [-0.05, 0) is 52.2 Å². The number of nitrogens with two attached hydrogens (primary N) is 1. The normalized spacial score (nSPS) is 15.8. The molecule has 0 aromatic rings. The first-order chi connectivity index (χ1) is 10.5.